The molecule has 2 aliphatic heterocycles. The third-order valence-corrected chi connectivity index (χ3v) is 13.2. The summed E-state index contributed by atoms with van der Waals surface area (Å²) in [5.74, 6) is 2.14. The number of nitrogens with zero attached hydrogens (tertiary/aromatic N) is 4. The van der Waals surface area contributed by atoms with Gasteiger partial charge in [0.2, 0.25) is 0 Å². The average Bonchev–Trinajstić information content (AvgIpc) is 3.47. The number of aliphatic imine (C=N–C) groups is 2. The largest absolute Gasteiger partial charge is 0.322 e. The van der Waals surface area contributed by atoms with Crippen molar-refractivity contribution >= 4 is 33.8 Å². The Kier molecular flexibility index (Phi) is 6.99. The summed E-state index contributed by atoms with van der Waals surface area (Å²) in [5, 5.41) is 2.62. The van der Waals surface area contributed by atoms with Crippen LogP contribution in [0.3, 0.4) is 0 Å². The summed E-state index contributed by atoms with van der Waals surface area (Å²) in [6.07, 6.45) is 0. The van der Waals surface area contributed by atoms with Crippen LogP contribution in [0.5, 0.6) is 0 Å². The molecule has 0 saturated carbocycles. The third kappa shape index (κ3) is 4.71. The molecule has 4 heteroatoms. The first-order chi connectivity index (χ1) is 23.8. The highest BCUT2D eigenvalue weighted by Gasteiger charge is 2.49. The van der Waals surface area contributed by atoms with Crippen LogP contribution in [0.25, 0.3) is 44.2 Å². The minimum absolute atomic E-state index is 0.102. The lowest BCUT2D eigenvalue weighted by molar-refractivity contribution is 0.338. The molecule has 51 heavy (non-hydrogen) atoms. The van der Waals surface area contributed by atoms with Gasteiger partial charge in [0.15, 0.2) is 0 Å². The van der Waals surface area contributed by atoms with Crippen LogP contribution >= 0.6 is 0 Å². The molecule has 5 aromatic rings. The van der Waals surface area contributed by atoms with E-state index in [1.807, 2.05) is 0 Å². The Labute approximate surface area is 305 Å². The quantitative estimate of drug-likeness (QED) is 0.190. The second-order valence-electron chi connectivity index (χ2n) is 17.6. The molecule has 4 nitrogen and oxygen atoms in total. The molecular formula is C47H52N4. The van der Waals surface area contributed by atoms with Gasteiger partial charge in [-0.15, -0.1) is 0 Å². The fourth-order valence-electron chi connectivity index (χ4n) is 9.18. The van der Waals surface area contributed by atoms with Crippen LogP contribution < -0.4 is 9.80 Å². The number of anilines is 2. The van der Waals surface area contributed by atoms with Gasteiger partial charge in [-0.05, 0) is 161 Å². The molecule has 2 heterocycles. The second-order valence-corrected chi connectivity index (χ2v) is 17.6. The van der Waals surface area contributed by atoms with Crippen molar-refractivity contribution in [2.45, 2.75) is 111 Å². The van der Waals surface area contributed by atoms with E-state index in [9.17, 15) is 0 Å². The maximum atomic E-state index is 4.99. The summed E-state index contributed by atoms with van der Waals surface area (Å²) >= 11 is 0. The van der Waals surface area contributed by atoms with Crippen LogP contribution in [0.1, 0.15) is 94.2 Å². The molecule has 0 bridgehead atoms. The van der Waals surface area contributed by atoms with E-state index >= 15 is 0 Å². The zero-order valence-electron chi connectivity index (χ0n) is 32.5. The number of amidine groups is 2. The first kappa shape index (κ1) is 33.4. The number of hydrogen-bond donors (Lipinski definition) is 0. The van der Waals surface area contributed by atoms with Crippen molar-refractivity contribution in [2.24, 2.45) is 9.98 Å². The van der Waals surface area contributed by atoms with E-state index in [1.165, 1.54) is 66.7 Å². The van der Waals surface area contributed by atoms with Gasteiger partial charge < -0.3 is 9.80 Å². The van der Waals surface area contributed by atoms with E-state index in [4.69, 9.17) is 9.98 Å². The molecule has 0 unspecified atom stereocenters. The van der Waals surface area contributed by atoms with Crippen LogP contribution in [-0.4, -0.2) is 33.8 Å². The number of fused-ring (bicyclic) bond motifs is 5. The molecule has 1 aliphatic carbocycles. The summed E-state index contributed by atoms with van der Waals surface area (Å²) in [6, 6.07) is 36.8. The Morgan fingerprint density at radius 1 is 0.451 bits per heavy atom. The van der Waals surface area contributed by atoms with E-state index in [2.05, 4.69) is 190 Å². The van der Waals surface area contributed by atoms with Gasteiger partial charge in [0.1, 0.15) is 11.7 Å². The average molecular weight is 673 g/mol. The predicted octanol–water partition coefficient (Wildman–Crippen LogP) is 12.1. The minimum atomic E-state index is -0.147. The Morgan fingerprint density at radius 2 is 0.882 bits per heavy atom. The van der Waals surface area contributed by atoms with Gasteiger partial charge in [-0.3, -0.25) is 9.98 Å². The van der Waals surface area contributed by atoms with Crippen molar-refractivity contribution in [3.05, 3.63) is 108 Å². The molecule has 0 radical (unpaired) electrons. The van der Waals surface area contributed by atoms with E-state index in [0.717, 1.165) is 11.7 Å². The van der Waals surface area contributed by atoms with Gasteiger partial charge in [-0.1, -0.05) is 74.5 Å². The van der Waals surface area contributed by atoms with Gasteiger partial charge in [-0.25, -0.2) is 0 Å². The van der Waals surface area contributed by atoms with E-state index in [0.29, 0.717) is 0 Å². The molecule has 0 saturated heterocycles. The van der Waals surface area contributed by atoms with Crippen molar-refractivity contribution in [1.82, 2.24) is 0 Å². The Morgan fingerprint density at radius 3 is 1.35 bits per heavy atom. The van der Waals surface area contributed by atoms with Crippen LogP contribution in [0, 0.1) is 0 Å². The minimum Gasteiger partial charge on any atom is -0.322 e. The van der Waals surface area contributed by atoms with E-state index in [-0.39, 0.29) is 27.6 Å². The van der Waals surface area contributed by atoms with Crippen molar-refractivity contribution in [3.8, 4) is 33.4 Å². The lowest BCUT2D eigenvalue weighted by Gasteiger charge is -2.41. The van der Waals surface area contributed by atoms with Gasteiger partial charge >= 0.3 is 0 Å². The van der Waals surface area contributed by atoms with E-state index in [1.54, 1.807) is 0 Å². The molecule has 0 atom stereocenters. The highest BCUT2D eigenvalue weighted by Crippen LogP contribution is 2.52. The summed E-state index contributed by atoms with van der Waals surface area (Å²) in [4.78, 5) is 14.7. The molecule has 0 N–H and O–H groups in total. The Bertz CT molecular complexity index is 2300. The molecule has 0 spiro atoms. The standard InChI is InChI=1S/C47H52N4/c1-29-48-44(5,6)46(9,10)50(29)36-20-13-31(14-21-36)33-17-24-38-35(27-33)19-26-40-39-25-18-34(28-41(39)43(3,4)42(38)40)32-15-22-37(23-16-32)51-30(2)49-45(7,8)47(51,11)12/h13-28H,1-12H3. The van der Waals surface area contributed by atoms with Gasteiger partial charge in [0.05, 0.1) is 22.2 Å². The summed E-state index contributed by atoms with van der Waals surface area (Å²) < 4.78 is 0. The van der Waals surface area contributed by atoms with Crippen LogP contribution in [0.15, 0.2) is 107 Å². The molecule has 8 rings (SSSR count). The maximum Gasteiger partial charge on any atom is 0.102 e. The number of rotatable bonds is 4. The van der Waals surface area contributed by atoms with Crippen LogP contribution in [0.2, 0.25) is 0 Å². The highest BCUT2D eigenvalue weighted by molar-refractivity contribution is 6.02. The first-order valence-electron chi connectivity index (χ1n) is 18.5. The molecule has 0 aromatic heterocycles. The zero-order valence-corrected chi connectivity index (χ0v) is 32.5. The van der Waals surface area contributed by atoms with Gasteiger partial charge in [-0.2, -0.15) is 0 Å². The third-order valence-electron chi connectivity index (χ3n) is 13.2. The van der Waals surface area contributed by atoms with Crippen molar-refractivity contribution in [2.75, 3.05) is 9.80 Å². The van der Waals surface area contributed by atoms with Crippen molar-refractivity contribution in [3.63, 3.8) is 0 Å². The fourth-order valence-corrected chi connectivity index (χ4v) is 9.18. The number of benzene rings is 5. The summed E-state index contributed by atoms with van der Waals surface area (Å²) in [7, 11) is 0. The normalized spacial score (nSPS) is 20.3. The smallest absolute Gasteiger partial charge is 0.102 e. The lowest BCUT2D eigenvalue weighted by Crippen LogP contribution is -2.52. The molecule has 260 valence electrons. The zero-order chi connectivity index (χ0) is 36.5. The van der Waals surface area contributed by atoms with E-state index < -0.39 is 0 Å². The maximum absolute atomic E-state index is 4.99. The first-order valence-corrected chi connectivity index (χ1v) is 18.5. The molecular weight excluding hydrogens is 621 g/mol. The van der Waals surface area contributed by atoms with Crippen LogP contribution in [0.4, 0.5) is 11.4 Å². The lowest BCUT2D eigenvalue weighted by atomic mass is 9.79. The second kappa shape index (κ2) is 10.7. The predicted molar refractivity (Wildman–Crippen MR) is 220 cm³/mol. The van der Waals surface area contributed by atoms with Gasteiger partial charge in [0, 0.05) is 16.8 Å². The van der Waals surface area contributed by atoms with Crippen molar-refractivity contribution in [1.29, 1.82) is 0 Å². The summed E-state index contributed by atoms with van der Waals surface area (Å²) in [6.45, 7) is 27.1. The topological polar surface area (TPSA) is 31.2 Å². The van der Waals surface area contributed by atoms with Crippen molar-refractivity contribution < 1.29 is 0 Å². The number of hydrogen-bond acceptors (Lipinski definition) is 4. The molecule has 0 amide bonds. The Hall–Kier alpha value is -4.70. The highest BCUT2D eigenvalue weighted by atomic mass is 15.3. The summed E-state index contributed by atoms with van der Waals surface area (Å²) in [5.41, 5.74) is 12.2. The fraction of sp³-hybridized carbons (Fsp3) is 0.362. The SMILES string of the molecule is CC1=NC(C)(C)C(C)(C)N1c1ccc(-c2ccc3c(c2)C(C)(C)c2c-3ccc3cc(-c4ccc(N5C(C)=NC(C)(C)C5(C)C)cc4)ccc23)cc1. The Balaban J connectivity index is 1.09. The molecule has 0 fully saturated rings. The monoisotopic (exact) mass is 672 g/mol. The molecule has 5 aromatic carbocycles. The van der Waals surface area contributed by atoms with Gasteiger partial charge in [0.25, 0.3) is 0 Å². The molecule has 3 aliphatic rings. The van der Waals surface area contributed by atoms with Crippen LogP contribution in [-0.2, 0) is 5.41 Å².